The molecule has 15 heavy (non-hydrogen) atoms. The molecule has 0 unspecified atom stereocenters. The van der Waals surface area contributed by atoms with Gasteiger partial charge in [0, 0.05) is 13.3 Å². The van der Waals surface area contributed by atoms with Gasteiger partial charge in [-0.05, 0) is 6.92 Å². The Morgan fingerprint density at radius 3 is 2.53 bits per heavy atom. The van der Waals surface area contributed by atoms with Gasteiger partial charge in [-0.1, -0.05) is 15.9 Å². The van der Waals surface area contributed by atoms with E-state index in [0.717, 1.165) is 0 Å². The Morgan fingerprint density at radius 1 is 1.47 bits per heavy atom. The van der Waals surface area contributed by atoms with E-state index < -0.39 is 29.3 Å². The average Bonchev–Trinajstić information content (AvgIpc) is 2.11. The molecule has 0 aromatic heterocycles. The molecule has 0 aromatic rings. The molecule has 0 aliphatic carbocycles. The van der Waals surface area contributed by atoms with Crippen LogP contribution in [0.5, 0.6) is 0 Å². The summed E-state index contributed by atoms with van der Waals surface area (Å²) in [4.78, 5) is 21.4. The van der Waals surface area contributed by atoms with E-state index in [2.05, 4.69) is 15.9 Å². The number of aliphatic hydroxyl groups is 1. The van der Waals surface area contributed by atoms with Crippen LogP contribution in [-0.4, -0.2) is 40.2 Å². The van der Waals surface area contributed by atoms with E-state index in [1.165, 1.54) is 13.8 Å². The van der Waals surface area contributed by atoms with E-state index in [-0.39, 0.29) is 12.2 Å². The molecule has 1 heterocycles. The van der Waals surface area contributed by atoms with Crippen molar-refractivity contribution < 1.29 is 24.2 Å². The third-order valence-corrected chi connectivity index (χ3v) is 3.19. The molecule has 1 aliphatic heterocycles. The molecule has 0 spiro atoms. The maximum absolute atomic E-state index is 11.1. The van der Waals surface area contributed by atoms with Crippen molar-refractivity contribution in [3.05, 3.63) is 0 Å². The standard InChI is InChI=1S/C9H13BrO5/c1-4(11)6-3-7(14-5(2)12)8(10)9(13)15-6/h6-9,13H,3H2,1-2H3/t6-,7-,8-,9-/m1/s1. The van der Waals surface area contributed by atoms with Crippen LogP contribution in [0.4, 0.5) is 0 Å². The van der Waals surface area contributed by atoms with Crippen molar-refractivity contribution in [2.75, 3.05) is 0 Å². The number of halogens is 1. The molecule has 0 radical (unpaired) electrons. The minimum atomic E-state index is -1.14. The molecule has 0 bridgehead atoms. The first-order valence-corrected chi connectivity index (χ1v) is 5.48. The van der Waals surface area contributed by atoms with Crippen LogP contribution in [0.3, 0.4) is 0 Å². The summed E-state index contributed by atoms with van der Waals surface area (Å²) < 4.78 is 10.0. The summed E-state index contributed by atoms with van der Waals surface area (Å²) in [6.45, 7) is 2.65. The van der Waals surface area contributed by atoms with E-state index >= 15 is 0 Å². The molecule has 6 heteroatoms. The summed E-state index contributed by atoms with van der Waals surface area (Å²) in [5, 5.41) is 9.47. The first-order valence-electron chi connectivity index (χ1n) is 4.57. The van der Waals surface area contributed by atoms with Gasteiger partial charge in [0.05, 0.1) is 0 Å². The van der Waals surface area contributed by atoms with Gasteiger partial charge in [0.15, 0.2) is 12.1 Å². The maximum atomic E-state index is 11.1. The highest BCUT2D eigenvalue weighted by molar-refractivity contribution is 9.09. The number of ketones is 1. The maximum Gasteiger partial charge on any atom is 0.302 e. The fourth-order valence-electron chi connectivity index (χ4n) is 1.41. The molecule has 5 nitrogen and oxygen atoms in total. The summed E-state index contributed by atoms with van der Waals surface area (Å²) in [6.07, 6.45) is -2.13. The van der Waals surface area contributed by atoms with Gasteiger partial charge in [-0.15, -0.1) is 0 Å². The number of carbonyl (C=O) groups is 2. The van der Waals surface area contributed by atoms with Crippen molar-refractivity contribution in [3.63, 3.8) is 0 Å². The first-order chi connectivity index (χ1) is 6.91. The topological polar surface area (TPSA) is 72.8 Å². The van der Waals surface area contributed by atoms with Gasteiger partial charge in [0.1, 0.15) is 17.0 Å². The number of esters is 1. The van der Waals surface area contributed by atoms with Crippen LogP contribution in [-0.2, 0) is 19.1 Å². The lowest BCUT2D eigenvalue weighted by Gasteiger charge is -2.35. The number of rotatable bonds is 2. The SMILES string of the molecule is CC(=O)O[C@@H]1C[C@H](C(C)=O)O[C@@H](O)[C@@H]1Br. The van der Waals surface area contributed by atoms with Crippen molar-refractivity contribution in [2.45, 2.75) is 43.6 Å². The Balaban J connectivity index is 2.68. The number of carbonyl (C=O) groups excluding carboxylic acids is 2. The van der Waals surface area contributed by atoms with Gasteiger partial charge in [-0.25, -0.2) is 0 Å². The number of aliphatic hydroxyl groups excluding tert-OH is 1. The molecule has 0 saturated carbocycles. The number of Topliss-reactive ketones (excluding diaryl/α,β-unsaturated/α-hetero) is 1. The number of hydrogen-bond acceptors (Lipinski definition) is 5. The Kier molecular flexibility index (Phi) is 4.24. The second kappa shape index (κ2) is 5.05. The Labute approximate surface area is 95.9 Å². The van der Waals surface area contributed by atoms with Crippen molar-refractivity contribution in [3.8, 4) is 0 Å². The quantitative estimate of drug-likeness (QED) is 0.585. The van der Waals surface area contributed by atoms with Crippen molar-refractivity contribution in [1.82, 2.24) is 0 Å². The van der Waals surface area contributed by atoms with Crippen LogP contribution >= 0.6 is 15.9 Å². The van der Waals surface area contributed by atoms with Gasteiger partial charge < -0.3 is 14.6 Å². The third kappa shape index (κ3) is 3.25. The molecular weight excluding hydrogens is 268 g/mol. The second-order valence-corrected chi connectivity index (χ2v) is 4.51. The molecule has 1 aliphatic rings. The monoisotopic (exact) mass is 280 g/mol. The Hall–Kier alpha value is -0.460. The average molecular weight is 281 g/mol. The lowest BCUT2D eigenvalue weighted by Crippen LogP contribution is -2.48. The van der Waals surface area contributed by atoms with Crippen LogP contribution in [0.25, 0.3) is 0 Å². The predicted molar refractivity (Wildman–Crippen MR) is 54.4 cm³/mol. The van der Waals surface area contributed by atoms with Gasteiger partial charge >= 0.3 is 5.97 Å². The predicted octanol–water partition coefficient (Wildman–Crippen LogP) is 0.378. The Morgan fingerprint density at radius 2 is 2.07 bits per heavy atom. The summed E-state index contributed by atoms with van der Waals surface area (Å²) in [7, 11) is 0. The summed E-state index contributed by atoms with van der Waals surface area (Å²) >= 11 is 3.16. The first kappa shape index (κ1) is 12.6. The van der Waals surface area contributed by atoms with Gasteiger partial charge in [-0.2, -0.15) is 0 Å². The normalized spacial score (nSPS) is 36.0. The fraction of sp³-hybridized carbons (Fsp3) is 0.778. The van der Waals surface area contributed by atoms with E-state index in [9.17, 15) is 14.7 Å². The highest BCUT2D eigenvalue weighted by Crippen LogP contribution is 2.27. The fourth-order valence-corrected chi connectivity index (χ4v) is 1.86. The summed E-state index contributed by atoms with van der Waals surface area (Å²) in [6, 6.07) is 0. The minimum Gasteiger partial charge on any atom is -0.461 e. The highest BCUT2D eigenvalue weighted by Gasteiger charge is 2.39. The summed E-state index contributed by atoms with van der Waals surface area (Å²) in [5.74, 6) is -0.633. The number of alkyl halides is 1. The third-order valence-electron chi connectivity index (χ3n) is 2.15. The van der Waals surface area contributed by atoms with Crippen LogP contribution in [0.15, 0.2) is 0 Å². The van der Waals surface area contributed by atoms with Crippen molar-refractivity contribution in [1.29, 1.82) is 0 Å². The van der Waals surface area contributed by atoms with Gasteiger partial charge in [0.2, 0.25) is 0 Å². The van der Waals surface area contributed by atoms with Gasteiger partial charge in [0.25, 0.3) is 0 Å². The van der Waals surface area contributed by atoms with Crippen molar-refractivity contribution in [2.24, 2.45) is 0 Å². The molecule has 1 fully saturated rings. The van der Waals surface area contributed by atoms with Gasteiger partial charge in [-0.3, -0.25) is 9.59 Å². The van der Waals surface area contributed by atoms with Crippen LogP contribution < -0.4 is 0 Å². The molecule has 1 N–H and O–H groups in total. The zero-order valence-corrected chi connectivity index (χ0v) is 10.1. The van der Waals surface area contributed by atoms with E-state index in [0.29, 0.717) is 0 Å². The van der Waals surface area contributed by atoms with E-state index in [1.54, 1.807) is 0 Å². The lowest BCUT2D eigenvalue weighted by molar-refractivity contribution is -0.195. The molecular formula is C9H13BrO5. The second-order valence-electron chi connectivity index (χ2n) is 3.45. The molecule has 86 valence electrons. The number of hydrogen-bond donors (Lipinski definition) is 1. The van der Waals surface area contributed by atoms with Crippen LogP contribution in [0.1, 0.15) is 20.3 Å². The van der Waals surface area contributed by atoms with Crippen LogP contribution in [0, 0.1) is 0 Å². The highest BCUT2D eigenvalue weighted by atomic mass is 79.9. The molecule has 1 rings (SSSR count). The zero-order valence-electron chi connectivity index (χ0n) is 8.47. The lowest BCUT2D eigenvalue weighted by atomic mass is 10.0. The van der Waals surface area contributed by atoms with Crippen molar-refractivity contribution >= 4 is 27.7 Å². The molecule has 4 atom stereocenters. The molecule has 0 amide bonds. The van der Waals surface area contributed by atoms with Crippen LogP contribution in [0.2, 0.25) is 0 Å². The molecule has 0 aromatic carbocycles. The molecule has 1 saturated heterocycles. The van der Waals surface area contributed by atoms with E-state index in [4.69, 9.17) is 9.47 Å². The largest absolute Gasteiger partial charge is 0.461 e. The smallest absolute Gasteiger partial charge is 0.302 e. The van der Waals surface area contributed by atoms with E-state index in [1.807, 2.05) is 0 Å². The minimum absolute atomic E-state index is 0.189. The Bertz CT molecular complexity index is 267. The zero-order chi connectivity index (χ0) is 11.6. The number of ether oxygens (including phenoxy) is 2. The summed E-state index contributed by atoms with van der Waals surface area (Å²) in [5.41, 5.74) is 0.